The first kappa shape index (κ1) is 12.6. The maximum Gasteiger partial charge on any atom is 0.247 e. The van der Waals surface area contributed by atoms with Crippen LogP contribution in [0.2, 0.25) is 0 Å². The first-order valence-electron chi connectivity index (χ1n) is 6.24. The van der Waals surface area contributed by atoms with E-state index in [1.165, 1.54) is 0 Å². The molecule has 18 heavy (non-hydrogen) atoms. The zero-order valence-electron chi connectivity index (χ0n) is 10.8. The highest BCUT2D eigenvalue weighted by molar-refractivity contribution is 5.94. The molecule has 1 heterocycles. The van der Waals surface area contributed by atoms with Gasteiger partial charge in [-0.3, -0.25) is 4.79 Å². The third-order valence-corrected chi connectivity index (χ3v) is 2.70. The maximum absolute atomic E-state index is 11.6. The lowest BCUT2D eigenvalue weighted by Crippen LogP contribution is -2.26. The van der Waals surface area contributed by atoms with Crippen molar-refractivity contribution < 1.29 is 9.53 Å². The molecule has 4 heteroatoms. The van der Waals surface area contributed by atoms with E-state index in [0.29, 0.717) is 12.4 Å². The molecule has 1 aliphatic carbocycles. The van der Waals surface area contributed by atoms with Crippen LogP contribution in [0.5, 0.6) is 5.88 Å². The maximum atomic E-state index is 11.6. The fourth-order valence-corrected chi connectivity index (χ4v) is 1.62. The molecule has 2 rings (SSSR count). The molecule has 1 N–H and O–H groups in total. The van der Waals surface area contributed by atoms with E-state index in [1.54, 1.807) is 6.20 Å². The zero-order valence-corrected chi connectivity index (χ0v) is 10.8. The summed E-state index contributed by atoms with van der Waals surface area (Å²) in [5, 5.41) is 2.87. The Kier molecular flexibility index (Phi) is 3.97. The Balaban J connectivity index is 1.84. The van der Waals surface area contributed by atoms with E-state index in [1.807, 2.05) is 32.1 Å². The SMILES string of the molecule is CC(C)Oc1ccc(CNC(=O)C2=CCC2)cn1. The van der Waals surface area contributed by atoms with Crippen molar-refractivity contribution in [3.8, 4) is 5.88 Å². The molecule has 0 aromatic carbocycles. The third kappa shape index (κ3) is 3.32. The Bertz CT molecular complexity index is 449. The molecule has 1 amide bonds. The molecule has 0 spiro atoms. The van der Waals surface area contributed by atoms with Crippen molar-refractivity contribution in [1.29, 1.82) is 0 Å². The van der Waals surface area contributed by atoms with Crippen LogP contribution < -0.4 is 10.1 Å². The van der Waals surface area contributed by atoms with Gasteiger partial charge in [-0.15, -0.1) is 0 Å². The molecule has 0 bridgehead atoms. The number of amides is 1. The molecule has 0 aliphatic heterocycles. The first-order valence-corrected chi connectivity index (χ1v) is 6.24. The average molecular weight is 246 g/mol. The predicted octanol–water partition coefficient (Wildman–Crippen LogP) is 2.21. The van der Waals surface area contributed by atoms with Crippen molar-refractivity contribution >= 4 is 5.91 Å². The molecule has 0 saturated carbocycles. The Hall–Kier alpha value is -1.84. The summed E-state index contributed by atoms with van der Waals surface area (Å²) in [6, 6.07) is 3.74. The molecular formula is C14H18N2O2. The molecule has 0 unspecified atom stereocenters. The Morgan fingerprint density at radius 2 is 2.28 bits per heavy atom. The van der Waals surface area contributed by atoms with Gasteiger partial charge < -0.3 is 10.1 Å². The van der Waals surface area contributed by atoms with Gasteiger partial charge in [0, 0.05) is 24.4 Å². The summed E-state index contributed by atoms with van der Waals surface area (Å²) < 4.78 is 5.45. The van der Waals surface area contributed by atoms with Crippen LogP contribution in [0.3, 0.4) is 0 Å². The average Bonchev–Trinajstić information content (AvgIpc) is 2.25. The molecule has 0 radical (unpaired) electrons. The number of hydrogen-bond donors (Lipinski definition) is 1. The second kappa shape index (κ2) is 5.67. The Morgan fingerprint density at radius 3 is 2.78 bits per heavy atom. The van der Waals surface area contributed by atoms with Crippen LogP contribution in [0.15, 0.2) is 30.0 Å². The van der Waals surface area contributed by atoms with Gasteiger partial charge in [0.05, 0.1) is 6.10 Å². The minimum absolute atomic E-state index is 0.0313. The van der Waals surface area contributed by atoms with Gasteiger partial charge in [-0.05, 0) is 32.3 Å². The summed E-state index contributed by atoms with van der Waals surface area (Å²) >= 11 is 0. The summed E-state index contributed by atoms with van der Waals surface area (Å²) in [5.41, 5.74) is 1.86. The lowest BCUT2D eigenvalue weighted by atomic mass is 9.98. The highest BCUT2D eigenvalue weighted by Crippen LogP contribution is 2.17. The van der Waals surface area contributed by atoms with Crippen LogP contribution in [0.25, 0.3) is 0 Å². The van der Waals surface area contributed by atoms with Crippen LogP contribution in [-0.2, 0) is 11.3 Å². The van der Waals surface area contributed by atoms with Crippen LogP contribution in [0.4, 0.5) is 0 Å². The topological polar surface area (TPSA) is 51.2 Å². The molecule has 1 aliphatic rings. The second-order valence-electron chi connectivity index (χ2n) is 4.62. The van der Waals surface area contributed by atoms with E-state index < -0.39 is 0 Å². The van der Waals surface area contributed by atoms with E-state index in [9.17, 15) is 4.79 Å². The number of carbonyl (C=O) groups excluding carboxylic acids is 1. The molecule has 1 aromatic heterocycles. The standard InChI is InChI=1S/C14H18N2O2/c1-10(2)18-13-7-6-11(8-15-13)9-16-14(17)12-4-3-5-12/h4,6-8,10H,3,5,9H2,1-2H3,(H,16,17). The van der Waals surface area contributed by atoms with E-state index in [-0.39, 0.29) is 12.0 Å². The Morgan fingerprint density at radius 1 is 1.50 bits per heavy atom. The van der Waals surface area contributed by atoms with Crippen LogP contribution in [-0.4, -0.2) is 17.0 Å². The normalized spacial score (nSPS) is 13.8. The fraction of sp³-hybridized carbons (Fsp3) is 0.429. The number of hydrogen-bond acceptors (Lipinski definition) is 3. The highest BCUT2D eigenvalue weighted by Gasteiger charge is 2.13. The van der Waals surface area contributed by atoms with Gasteiger partial charge in [0.2, 0.25) is 11.8 Å². The molecule has 96 valence electrons. The van der Waals surface area contributed by atoms with Crippen molar-refractivity contribution in [3.05, 3.63) is 35.5 Å². The van der Waals surface area contributed by atoms with Crippen LogP contribution >= 0.6 is 0 Å². The van der Waals surface area contributed by atoms with Gasteiger partial charge in [0.25, 0.3) is 0 Å². The number of ether oxygens (including phenoxy) is 1. The highest BCUT2D eigenvalue weighted by atomic mass is 16.5. The lowest BCUT2D eigenvalue weighted by molar-refractivity contribution is -0.118. The fourth-order valence-electron chi connectivity index (χ4n) is 1.62. The third-order valence-electron chi connectivity index (χ3n) is 2.70. The van der Waals surface area contributed by atoms with Gasteiger partial charge >= 0.3 is 0 Å². The second-order valence-corrected chi connectivity index (χ2v) is 4.62. The molecule has 4 nitrogen and oxygen atoms in total. The number of allylic oxidation sites excluding steroid dienone is 1. The number of nitrogens with one attached hydrogen (secondary N) is 1. The van der Waals surface area contributed by atoms with Crippen molar-refractivity contribution in [2.45, 2.75) is 39.3 Å². The molecule has 0 fully saturated rings. The van der Waals surface area contributed by atoms with E-state index in [2.05, 4.69) is 10.3 Å². The number of aromatic nitrogens is 1. The van der Waals surface area contributed by atoms with Gasteiger partial charge in [0.15, 0.2) is 0 Å². The zero-order chi connectivity index (χ0) is 13.0. The number of pyridine rings is 1. The minimum atomic E-state index is 0.0313. The Labute approximate surface area is 107 Å². The summed E-state index contributed by atoms with van der Waals surface area (Å²) in [7, 11) is 0. The predicted molar refractivity (Wildman–Crippen MR) is 69.2 cm³/mol. The quantitative estimate of drug-likeness (QED) is 0.866. The van der Waals surface area contributed by atoms with Gasteiger partial charge in [0.1, 0.15) is 0 Å². The molecule has 0 saturated heterocycles. The summed E-state index contributed by atoms with van der Waals surface area (Å²) in [5.74, 6) is 0.644. The molecular weight excluding hydrogens is 228 g/mol. The van der Waals surface area contributed by atoms with Crippen LogP contribution in [0.1, 0.15) is 32.3 Å². The van der Waals surface area contributed by atoms with Gasteiger partial charge in [-0.1, -0.05) is 12.1 Å². The van der Waals surface area contributed by atoms with Crippen molar-refractivity contribution in [3.63, 3.8) is 0 Å². The van der Waals surface area contributed by atoms with Crippen molar-refractivity contribution in [2.24, 2.45) is 0 Å². The molecule has 0 atom stereocenters. The van der Waals surface area contributed by atoms with Crippen LogP contribution in [0, 0.1) is 0 Å². The van der Waals surface area contributed by atoms with Crippen molar-refractivity contribution in [2.75, 3.05) is 0 Å². The summed E-state index contributed by atoms with van der Waals surface area (Å²) in [6.07, 6.45) is 5.73. The number of nitrogens with zero attached hydrogens (tertiary/aromatic N) is 1. The summed E-state index contributed by atoms with van der Waals surface area (Å²) in [6.45, 7) is 4.43. The largest absolute Gasteiger partial charge is 0.475 e. The van der Waals surface area contributed by atoms with E-state index in [4.69, 9.17) is 4.74 Å². The summed E-state index contributed by atoms with van der Waals surface area (Å²) in [4.78, 5) is 15.8. The minimum Gasteiger partial charge on any atom is -0.475 e. The monoisotopic (exact) mass is 246 g/mol. The van der Waals surface area contributed by atoms with Gasteiger partial charge in [-0.25, -0.2) is 4.98 Å². The molecule has 1 aromatic rings. The number of rotatable bonds is 5. The van der Waals surface area contributed by atoms with E-state index in [0.717, 1.165) is 24.0 Å². The lowest BCUT2D eigenvalue weighted by Gasteiger charge is -2.14. The van der Waals surface area contributed by atoms with E-state index >= 15 is 0 Å². The first-order chi connectivity index (χ1) is 8.65. The van der Waals surface area contributed by atoms with Gasteiger partial charge in [-0.2, -0.15) is 0 Å². The van der Waals surface area contributed by atoms with Crippen molar-refractivity contribution in [1.82, 2.24) is 10.3 Å². The smallest absolute Gasteiger partial charge is 0.247 e. The number of carbonyl (C=O) groups is 1.